The van der Waals surface area contributed by atoms with E-state index in [0.717, 1.165) is 56.3 Å². The van der Waals surface area contributed by atoms with Crippen molar-refractivity contribution in [1.82, 2.24) is 9.47 Å². The van der Waals surface area contributed by atoms with Crippen LogP contribution >= 0.6 is 23.4 Å². The molecule has 1 saturated carbocycles. The van der Waals surface area contributed by atoms with Crippen molar-refractivity contribution >= 4 is 46.2 Å². The number of rotatable bonds is 4. The Balaban J connectivity index is 1.52. The Kier molecular flexibility index (Phi) is 6.66. The maximum atomic E-state index is 13.7. The number of thioether (sulfide) groups is 1. The van der Waals surface area contributed by atoms with Gasteiger partial charge in [-0.25, -0.2) is 4.99 Å². The number of amidine groups is 1. The normalized spacial score (nSPS) is 19.5. The molecule has 1 aliphatic carbocycles. The van der Waals surface area contributed by atoms with E-state index in [9.17, 15) is 4.79 Å². The zero-order valence-electron chi connectivity index (χ0n) is 19.5. The summed E-state index contributed by atoms with van der Waals surface area (Å²) in [5.74, 6) is 0.0721. The van der Waals surface area contributed by atoms with Gasteiger partial charge < -0.3 is 4.57 Å². The standard InChI is InChI=1S/C28H28ClN3OS/c1-19-17-21(20(2)31(19)25-15-13-22(29)14-16-25)18-26-27(33)32(24-11-7-4-8-12-24)28(34-26)30-23-9-5-3-6-10-23/h3,5-6,9-10,13-18,24H,4,7-8,11-12H2,1-2H3/b26-18+,30-28?. The second kappa shape index (κ2) is 9.85. The van der Waals surface area contributed by atoms with Crippen molar-refractivity contribution in [2.24, 2.45) is 4.99 Å². The number of carbonyl (C=O) groups excluding carboxylic acids is 1. The third-order valence-electron chi connectivity index (χ3n) is 6.60. The molecule has 0 unspecified atom stereocenters. The summed E-state index contributed by atoms with van der Waals surface area (Å²) in [4.78, 5) is 21.2. The fourth-order valence-electron chi connectivity index (χ4n) is 4.90. The van der Waals surface area contributed by atoms with Gasteiger partial charge in [0.25, 0.3) is 5.91 Å². The van der Waals surface area contributed by atoms with Crippen LogP contribution in [-0.4, -0.2) is 26.6 Å². The lowest BCUT2D eigenvalue weighted by Gasteiger charge is -2.30. The molecule has 0 radical (unpaired) electrons. The third-order valence-corrected chi connectivity index (χ3v) is 7.83. The van der Waals surface area contributed by atoms with Gasteiger partial charge in [0, 0.05) is 28.1 Å². The molecule has 1 saturated heterocycles. The molecule has 0 N–H and O–H groups in total. The van der Waals surface area contributed by atoms with E-state index in [0.29, 0.717) is 0 Å². The predicted octanol–water partition coefficient (Wildman–Crippen LogP) is 7.68. The first kappa shape index (κ1) is 23.0. The van der Waals surface area contributed by atoms with Gasteiger partial charge >= 0.3 is 0 Å². The summed E-state index contributed by atoms with van der Waals surface area (Å²) in [5, 5.41) is 1.51. The van der Waals surface area contributed by atoms with E-state index in [4.69, 9.17) is 16.6 Å². The van der Waals surface area contributed by atoms with Crippen LogP contribution in [0.5, 0.6) is 0 Å². The number of nitrogens with zero attached hydrogens (tertiary/aromatic N) is 3. The smallest absolute Gasteiger partial charge is 0.267 e. The molecule has 2 aromatic carbocycles. The highest BCUT2D eigenvalue weighted by atomic mass is 35.5. The average molecular weight is 490 g/mol. The number of hydrogen-bond acceptors (Lipinski definition) is 3. The Morgan fingerprint density at radius 3 is 2.41 bits per heavy atom. The van der Waals surface area contributed by atoms with Crippen LogP contribution in [0.25, 0.3) is 11.8 Å². The summed E-state index contributed by atoms with van der Waals surface area (Å²) in [5.41, 5.74) is 5.20. The molecule has 2 heterocycles. The fourth-order valence-corrected chi connectivity index (χ4v) is 6.08. The largest absolute Gasteiger partial charge is 0.318 e. The van der Waals surface area contributed by atoms with Crippen molar-refractivity contribution < 1.29 is 4.79 Å². The van der Waals surface area contributed by atoms with E-state index in [1.165, 1.54) is 31.0 Å². The summed E-state index contributed by atoms with van der Waals surface area (Å²) < 4.78 is 2.20. The van der Waals surface area contributed by atoms with E-state index in [1.807, 2.05) is 65.6 Å². The second-order valence-electron chi connectivity index (χ2n) is 8.95. The molecule has 5 rings (SSSR count). The van der Waals surface area contributed by atoms with Crippen LogP contribution in [-0.2, 0) is 4.79 Å². The maximum Gasteiger partial charge on any atom is 0.267 e. The summed E-state index contributed by atoms with van der Waals surface area (Å²) in [6.45, 7) is 4.18. The molecular formula is C28H28ClN3OS. The van der Waals surface area contributed by atoms with Crippen molar-refractivity contribution in [2.45, 2.75) is 52.0 Å². The number of aromatic nitrogens is 1. The first-order valence-electron chi connectivity index (χ1n) is 11.8. The number of aliphatic imine (C=N–C) groups is 1. The maximum absolute atomic E-state index is 13.7. The first-order valence-corrected chi connectivity index (χ1v) is 13.0. The molecule has 2 aliphatic rings. The lowest BCUT2D eigenvalue weighted by molar-refractivity contribution is -0.124. The van der Waals surface area contributed by atoms with E-state index in [2.05, 4.69) is 24.5 Å². The summed E-state index contributed by atoms with van der Waals surface area (Å²) in [6, 6.07) is 20.1. The van der Waals surface area contributed by atoms with Crippen molar-refractivity contribution in [1.29, 1.82) is 0 Å². The lowest BCUT2D eigenvalue weighted by Crippen LogP contribution is -2.40. The van der Waals surface area contributed by atoms with Gasteiger partial charge in [-0.3, -0.25) is 9.69 Å². The van der Waals surface area contributed by atoms with Crippen LogP contribution in [0.15, 0.2) is 70.6 Å². The zero-order chi connectivity index (χ0) is 23.7. The van der Waals surface area contributed by atoms with Gasteiger partial charge in [0.15, 0.2) is 5.17 Å². The number of benzene rings is 2. The average Bonchev–Trinajstić information content (AvgIpc) is 3.30. The lowest BCUT2D eigenvalue weighted by atomic mass is 9.94. The summed E-state index contributed by atoms with van der Waals surface area (Å²) in [6.07, 6.45) is 7.69. The number of hydrogen-bond donors (Lipinski definition) is 0. The second-order valence-corrected chi connectivity index (χ2v) is 10.4. The van der Waals surface area contributed by atoms with Gasteiger partial charge in [-0.2, -0.15) is 0 Å². The molecule has 0 bridgehead atoms. The minimum Gasteiger partial charge on any atom is -0.318 e. The Labute approximate surface area is 210 Å². The van der Waals surface area contributed by atoms with E-state index < -0.39 is 0 Å². The zero-order valence-corrected chi connectivity index (χ0v) is 21.1. The molecule has 1 aliphatic heterocycles. The molecule has 1 aromatic heterocycles. The molecule has 1 amide bonds. The molecular weight excluding hydrogens is 462 g/mol. The van der Waals surface area contributed by atoms with Gasteiger partial charge in [-0.1, -0.05) is 49.1 Å². The highest BCUT2D eigenvalue weighted by molar-refractivity contribution is 8.18. The van der Waals surface area contributed by atoms with Crippen LogP contribution in [0.4, 0.5) is 5.69 Å². The SMILES string of the molecule is Cc1cc(/C=C2/SC(=Nc3ccccc3)N(C3CCCCC3)C2=O)c(C)n1-c1ccc(Cl)cc1. The van der Waals surface area contributed by atoms with Crippen molar-refractivity contribution in [3.05, 3.63) is 87.5 Å². The molecule has 6 heteroatoms. The van der Waals surface area contributed by atoms with E-state index >= 15 is 0 Å². The number of halogens is 1. The Hall–Kier alpha value is -2.76. The van der Waals surface area contributed by atoms with Gasteiger partial charge in [0.1, 0.15) is 0 Å². The number of para-hydroxylation sites is 1. The van der Waals surface area contributed by atoms with Crippen molar-refractivity contribution in [2.75, 3.05) is 0 Å². The van der Waals surface area contributed by atoms with Crippen LogP contribution in [0.1, 0.15) is 49.1 Å². The quantitative estimate of drug-likeness (QED) is 0.352. The predicted molar refractivity (Wildman–Crippen MR) is 143 cm³/mol. The van der Waals surface area contributed by atoms with Crippen molar-refractivity contribution in [3.8, 4) is 5.69 Å². The molecule has 0 spiro atoms. The first-order chi connectivity index (χ1) is 16.5. The molecule has 3 aromatic rings. The fraction of sp³-hybridized carbons (Fsp3) is 0.286. The van der Waals surface area contributed by atoms with Crippen LogP contribution in [0.3, 0.4) is 0 Å². The highest BCUT2D eigenvalue weighted by Gasteiger charge is 2.38. The number of aryl methyl sites for hydroxylation is 1. The monoisotopic (exact) mass is 489 g/mol. The molecule has 174 valence electrons. The van der Waals surface area contributed by atoms with E-state index in [1.54, 1.807) is 0 Å². The van der Waals surface area contributed by atoms with Gasteiger partial charge in [-0.15, -0.1) is 0 Å². The third kappa shape index (κ3) is 4.59. The van der Waals surface area contributed by atoms with Gasteiger partial charge in [0.2, 0.25) is 0 Å². The minimum atomic E-state index is 0.0721. The number of amides is 1. The van der Waals surface area contributed by atoms with Crippen molar-refractivity contribution in [3.63, 3.8) is 0 Å². The van der Waals surface area contributed by atoms with E-state index in [-0.39, 0.29) is 11.9 Å². The Morgan fingerprint density at radius 2 is 1.71 bits per heavy atom. The topological polar surface area (TPSA) is 37.6 Å². The van der Waals surface area contributed by atoms with Crippen LogP contribution < -0.4 is 0 Å². The van der Waals surface area contributed by atoms with Crippen LogP contribution in [0.2, 0.25) is 5.02 Å². The Morgan fingerprint density at radius 1 is 1.00 bits per heavy atom. The minimum absolute atomic E-state index is 0.0721. The highest BCUT2D eigenvalue weighted by Crippen LogP contribution is 2.39. The Bertz CT molecular complexity index is 1250. The van der Waals surface area contributed by atoms with Crippen LogP contribution in [0, 0.1) is 13.8 Å². The number of carbonyl (C=O) groups is 1. The molecule has 4 nitrogen and oxygen atoms in total. The molecule has 2 fully saturated rings. The molecule has 0 atom stereocenters. The van der Waals surface area contributed by atoms with Gasteiger partial charge in [0.05, 0.1) is 10.6 Å². The summed E-state index contributed by atoms with van der Waals surface area (Å²) >= 11 is 7.58. The summed E-state index contributed by atoms with van der Waals surface area (Å²) in [7, 11) is 0. The van der Waals surface area contributed by atoms with Gasteiger partial charge in [-0.05, 0) is 92.6 Å². The molecule has 34 heavy (non-hydrogen) atoms.